The Morgan fingerprint density at radius 2 is 2.04 bits per heavy atom. The van der Waals surface area contributed by atoms with Gasteiger partial charge >= 0.3 is 0 Å². The van der Waals surface area contributed by atoms with Crippen LogP contribution in [0.15, 0.2) is 35.4 Å². The number of aliphatic carboxylic acids is 1. The van der Waals surface area contributed by atoms with Crippen molar-refractivity contribution in [3.8, 4) is 11.1 Å². The molecule has 0 fully saturated rings. The van der Waals surface area contributed by atoms with Crippen LogP contribution in [0.1, 0.15) is 24.3 Å². The zero-order valence-electron chi connectivity index (χ0n) is 13.1. The third-order valence-electron chi connectivity index (χ3n) is 3.94. The molecule has 2 heterocycles. The lowest BCUT2D eigenvalue weighted by molar-refractivity contribution is -0.310. The van der Waals surface area contributed by atoms with Crippen molar-refractivity contribution in [1.29, 1.82) is 0 Å². The van der Waals surface area contributed by atoms with Crippen molar-refractivity contribution in [2.75, 3.05) is 0 Å². The van der Waals surface area contributed by atoms with Crippen molar-refractivity contribution in [3.63, 3.8) is 0 Å². The van der Waals surface area contributed by atoms with E-state index in [0.29, 0.717) is 21.3 Å². The average molecular weight is 345 g/mol. The number of carbonyl (C=O) groups is 1. The Hall–Kier alpha value is -2.54. The molecule has 0 saturated carbocycles. The zero-order valence-corrected chi connectivity index (χ0v) is 13.9. The number of carboxylic acids is 1. The molecule has 0 aliphatic carbocycles. The van der Waals surface area contributed by atoms with E-state index in [0.717, 1.165) is 9.44 Å². The molecule has 1 unspecified atom stereocenters. The van der Waals surface area contributed by atoms with E-state index in [1.54, 1.807) is 19.1 Å². The van der Waals surface area contributed by atoms with Gasteiger partial charge in [-0.15, -0.1) is 11.3 Å². The summed E-state index contributed by atoms with van der Waals surface area (Å²) in [5.74, 6) is -1.69. The maximum Gasteiger partial charge on any atom is 0.263 e. The molecule has 1 atom stereocenters. The van der Waals surface area contributed by atoms with Crippen LogP contribution in [0.2, 0.25) is 0 Å². The van der Waals surface area contributed by atoms with Crippen LogP contribution in [0.3, 0.4) is 0 Å². The van der Waals surface area contributed by atoms with E-state index in [2.05, 4.69) is 4.98 Å². The second-order valence-corrected chi connectivity index (χ2v) is 6.62. The van der Waals surface area contributed by atoms with Crippen LogP contribution in [-0.2, 0) is 4.79 Å². The third-order valence-corrected chi connectivity index (χ3v) is 4.95. The van der Waals surface area contributed by atoms with Crippen molar-refractivity contribution >= 4 is 27.5 Å². The molecule has 1 aromatic carbocycles. The zero-order chi connectivity index (χ0) is 17.4. The van der Waals surface area contributed by atoms with Gasteiger partial charge in [-0.1, -0.05) is 19.1 Å². The molecule has 0 amide bonds. The number of nitrogens with zero attached hydrogens (tertiary/aromatic N) is 2. The Morgan fingerprint density at radius 3 is 2.62 bits per heavy atom. The second kappa shape index (κ2) is 6.16. The van der Waals surface area contributed by atoms with Crippen molar-refractivity contribution in [1.82, 2.24) is 9.55 Å². The predicted molar refractivity (Wildman–Crippen MR) is 88.3 cm³/mol. The van der Waals surface area contributed by atoms with E-state index in [1.165, 1.54) is 29.8 Å². The summed E-state index contributed by atoms with van der Waals surface area (Å²) in [6.45, 7) is 3.52. The van der Waals surface area contributed by atoms with Gasteiger partial charge in [-0.3, -0.25) is 9.36 Å². The van der Waals surface area contributed by atoms with Crippen molar-refractivity contribution in [3.05, 3.63) is 51.6 Å². The number of fused-ring (bicyclic) bond motifs is 1. The number of aromatic nitrogens is 2. The molecule has 2 aromatic heterocycles. The summed E-state index contributed by atoms with van der Waals surface area (Å²) in [4.78, 5) is 29.8. The summed E-state index contributed by atoms with van der Waals surface area (Å²) in [7, 11) is 0. The predicted octanol–water partition coefficient (Wildman–Crippen LogP) is 2.27. The topological polar surface area (TPSA) is 75.0 Å². The van der Waals surface area contributed by atoms with Crippen LogP contribution in [0.25, 0.3) is 21.3 Å². The fourth-order valence-electron chi connectivity index (χ4n) is 2.78. The molecule has 0 N–H and O–H groups in total. The normalized spacial score (nSPS) is 12.5. The van der Waals surface area contributed by atoms with Gasteiger partial charge in [0.05, 0.1) is 23.7 Å². The Bertz CT molecular complexity index is 976. The first-order valence-electron chi connectivity index (χ1n) is 7.41. The van der Waals surface area contributed by atoms with Crippen LogP contribution in [0.5, 0.6) is 0 Å². The van der Waals surface area contributed by atoms with Crippen LogP contribution in [0, 0.1) is 12.7 Å². The highest BCUT2D eigenvalue weighted by Crippen LogP contribution is 2.35. The molecule has 0 aliphatic heterocycles. The minimum Gasteiger partial charge on any atom is -0.548 e. The third kappa shape index (κ3) is 2.60. The van der Waals surface area contributed by atoms with Gasteiger partial charge in [0.25, 0.3) is 5.56 Å². The maximum absolute atomic E-state index is 13.2. The molecule has 7 heteroatoms. The summed E-state index contributed by atoms with van der Waals surface area (Å²) in [6, 6.07) is 4.76. The quantitative estimate of drug-likeness (QED) is 0.727. The monoisotopic (exact) mass is 345 g/mol. The van der Waals surface area contributed by atoms with E-state index in [1.807, 2.05) is 6.92 Å². The SMILES string of the molecule is CCC(C(=O)[O-])n1cnc2sc(C)c(-c3ccc(F)cc3)c2c1=O. The first kappa shape index (κ1) is 16.3. The summed E-state index contributed by atoms with van der Waals surface area (Å²) < 4.78 is 14.3. The number of rotatable bonds is 4. The van der Waals surface area contributed by atoms with Crippen LogP contribution in [0.4, 0.5) is 4.39 Å². The van der Waals surface area contributed by atoms with Crippen molar-refractivity contribution in [2.24, 2.45) is 0 Å². The first-order chi connectivity index (χ1) is 11.4. The fourth-order valence-corrected chi connectivity index (χ4v) is 3.78. The summed E-state index contributed by atoms with van der Waals surface area (Å²) in [5.41, 5.74) is 0.924. The highest BCUT2D eigenvalue weighted by Gasteiger charge is 2.20. The Labute approximate surface area is 141 Å². The number of carboxylic acid groups (broad SMARTS) is 1. The number of aryl methyl sites for hydroxylation is 1. The lowest BCUT2D eigenvalue weighted by Gasteiger charge is -2.18. The summed E-state index contributed by atoms with van der Waals surface area (Å²) >= 11 is 1.35. The van der Waals surface area contributed by atoms with E-state index >= 15 is 0 Å². The number of hydrogen-bond donors (Lipinski definition) is 0. The molecular formula is C17H14FN2O3S-. The molecule has 124 valence electrons. The highest BCUT2D eigenvalue weighted by atomic mass is 32.1. The van der Waals surface area contributed by atoms with E-state index in [-0.39, 0.29) is 12.2 Å². The smallest absolute Gasteiger partial charge is 0.263 e. The molecular weight excluding hydrogens is 331 g/mol. The van der Waals surface area contributed by atoms with Gasteiger partial charge in [-0.2, -0.15) is 0 Å². The van der Waals surface area contributed by atoms with Crippen LogP contribution < -0.4 is 10.7 Å². The van der Waals surface area contributed by atoms with E-state index in [4.69, 9.17) is 0 Å². The second-order valence-electron chi connectivity index (χ2n) is 5.42. The molecule has 0 bridgehead atoms. The summed E-state index contributed by atoms with van der Waals surface area (Å²) in [6.07, 6.45) is 1.46. The lowest BCUT2D eigenvalue weighted by Crippen LogP contribution is -2.37. The molecule has 0 radical (unpaired) electrons. The molecule has 5 nitrogen and oxygen atoms in total. The highest BCUT2D eigenvalue weighted by molar-refractivity contribution is 7.19. The lowest BCUT2D eigenvalue weighted by atomic mass is 10.0. The largest absolute Gasteiger partial charge is 0.548 e. The van der Waals surface area contributed by atoms with Gasteiger partial charge < -0.3 is 9.90 Å². The van der Waals surface area contributed by atoms with Gasteiger partial charge in [-0.05, 0) is 31.0 Å². The number of thiophene rings is 1. The maximum atomic E-state index is 13.2. The van der Waals surface area contributed by atoms with Crippen LogP contribution in [-0.4, -0.2) is 15.5 Å². The van der Waals surface area contributed by atoms with E-state index < -0.39 is 17.6 Å². The first-order valence-corrected chi connectivity index (χ1v) is 8.22. The van der Waals surface area contributed by atoms with Gasteiger partial charge in [0, 0.05) is 10.4 Å². The number of hydrogen-bond acceptors (Lipinski definition) is 5. The van der Waals surface area contributed by atoms with E-state index in [9.17, 15) is 19.1 Å². The molecule has 24 heavy (non-hydrogen) atoms. The van der Waals surface area contributed by atoms with Gasteiger partial charge in [-0.25, -0.2) is 9.37 Å². The molecule has 3 aromatic rings. The Morgan fingerprint density at radius 1 is 1.38 bits per heavy atom. The Kier molecular flexibility index (Phi) is 4.19. The van der Waals surface area contributed by atoms with Crippen molar-refractivity contribution in [2.45, 2.75) is 26.3 Å². The standard InChI is InChI=1S/C17H15FN2O3S/c1-3-12(17(22)23)20-8-19-15-14(16(20)21)13(9(2)24-15)10-4-6-11(18)7-5-10/h4-8,12H,3H2,1-2H3,(H,22,23)/p-1. The molecule has 0 saturated heterocycles. The molecule has 3 rings (SSSR count). The van der Waals surface area contributed by atoms with Crippen molar-refractivity contribution < 1.29 is 14.3 Å². The number of halogens is 1. The van der Waals surface area contributed by atoms with Gasteiger partial charge in [0.15, 0.2) is 0 Å². The Balaban J connectivity index is 2.31. The molecule has 0 spiro atoms. The minimum atomic E-state index is -1.32. The minimum absolute atomic E-state index is 0.213. The van der Waals surface area contributed by atoms with Gasteiger partial charge in [0.2, 0.25) is 0 Å². The number of carbonyl (C=O) groups excluding carboxylic acids is 1. The van der Waals surface area contributed by atoms with Crippen LogP contribution >= 0.6 is 11.3 Å². The number of benzene rings is 1. The average Bonchev–Trinajstić information content (AvgIpc) is 2.88. The summed E-state index contributed by atoms with van der Waals surface area (Å²) in [5, 5.41) is 11.6. The van der Waals surface area contributed by atoms with Gasteiger partial charge in [0.1, 0.15) is 10.6 Å². The molecule has 0 aliphatic rings. The fraction of sp³-hybridized carbons (Fsp3) is 0.235.